The molecule has 18 heavy (non-hydrogen) atoms. The first-order chi connectivity index (χ1) is 8.21. The van der Waals surface area contributed by atoms with Crippen LogP contribution < -0.4 is 0 Å². The molecule has 0 heterocycles. The maximum atomic E-state index is 6.71. The minimum absolute atomic E-state index is 0.212. The topological polar surface area (TPSA) is 9.23 Å². The molecule has 0 spiro atoms. The molecule has 0 fully saturated rings. The van der Waals surface area contributed by atoms with Gasteiger partial charge in [0.05, 0.1) is 6.10 Å². The Morgan fingerprint density at radius 2 is 1.17 bits per heavy atom. The predicted octanol–water partition coefficient (Wildman–Crippen LogP) is 5.45. The Morgan fingerprint density at radius 1 is 0.833 bits per heavy atom. The van der Waals surface area contributed by atoms with Gasteiger partial charge in [-0.1, -0.05) is 41.5 Å². The highest BCUT2D eigenvalue weighted by atomic mass is 28.4. The molecule has 0 amide bonds. The van der Waals surface area contributed by atoms with Crippen molar-refractivity contribution in [2.24, 2.45) is 0 Å². The molecule has 0 saturated heterocycles. The van der Waals surface area contributed by atoms with Gasteiger partial charge in [0.15, 0.2) is 0 Å². The molecule has 0 N–H and O–H groups in total. The van der Waals surface area contributed by atoms with Crippen LogP contribution in [0, 0.1) is 0 Å². The molecule has 0 aromatic carbocycles. The molecule has 1 rings (SSSR count). The van der Waals surface area contributed by atoms with Crippen LogP contribution in [-0.2, 0) is 4.43 Å². The lowest BCUT2D eigenvalue weighted by atomic mass is 10.2. The fourth-order valence-corrected chi connectivity index (χ4v) is 8.94. The second-order valence-electron chi connectivity index (χ2n) is 6.60. The maximum absolute atomic E-state index is 6.71. The van der Waals surface area contributed by atoms with Crippen molar-refractivity contribution in [1.29, 1.82) is 0 Å². The summed E-state index contributed by atoms with van der Waals surface area (Å²) in [7, 11) is -1.74. The Labute approximate surface area is 114 Å². The normalized spacial score (nSPS) is 17.9. The standard InChI is InChI=1S/C16H30OSi/c1-11(2)18(12(3)4,13(5)6)17-16-9-14(7)15(8)10-16/h9-13,16H,1-8H3. The van der Waals surface area contributed by atoms with Crippen LogP contribution in [0.4, 0.5) is 0 Å². The number of allylic oxidation sites excluding steroid dienone is 2. The lowest BCUT2D eigenvalue weighted by Gasteiger charge is -2.43. The summed E-state index contributed by atoms with van der Waals surface area (Å²) in [5, 5.41) is 0. The van der Waals surface area contributed by atoms with Gasteiger partial charge in [-0.3, -0.25) is 0 Å². The molecule has 0 atom stereocenters. The fraction of sp³-hybridized carbons (Fsp3) is 0.750. The van der Waals surface area contributed by atoms with Crippen LogP contribution in [-0.4, -0.2) is 14.4 Å². The zero-order chi connectivity index (χ0) is 14.1. The number of hydrogen-bond donors (Lipinski definition) is 0. The summed E-state index contributed by atoms with van der Waals surface area (Å²) in [6.45, 7) is 18.4. The van der Waals surface area contributed by atoms with Crippen LogP contribution in [0.3, 0.4) is 0 Å². The highest BCUT2D eigenvalue weighted by molar-refractivity contribution is 6.77. The van der Waals surface area contributed by atoms with Crippen LogP contribution in [0.5, 0.6) is 0 Å². The van der Waals surface area contributed by atoms with E-state index in [9.17, 15) is 0 Å². The minimum atomic E-state index is -1.74. The molecule has 1 aliphatic carbocycles. The smallest absolute Gasteiger partial charge is 0.201 e. The van der Waals surface area contributed by atoms with Gasteiger partial charge in [0.25, 0.3) is 0 Å². The lowest BCUT2D eigenvalue weighted by molar-refractivity contribution is 0.259. The van der Waals surface area contributed by atoms with E-state index in [1.54, 1.807) is 0 Å². The van der Waals surface area contributed by atoms with E-state index >= 15 is 0 Å². The molecule has 2 heteroatoms. The average Bonchev–Trinajstić information content (AvgIpc) is 2.53. The Bertz CT molecular complexity index is 310. The van der Waals surface area contributed by atoms with Gasteiger partial charge in [0, 0.05) is 0 Å². The summed E-state index contributed by atoms with van der Waals surface area (Å²) in [6, 6.07) is 0. The van der Waals surface area contributed by atoms with Crippen molar-refractivity contribution in [2.45, 2.75) is 78.1 Å². The fourth-order valence-electron chi connectivity index (χ4n) is 3.52. The van der Waals surface area contributed by atoms with Crippen molar-refractivity contribution in [3.63, 3.8) is 0 Å². The van der Waals surface area contributed by atoms with Gasteiger partial charge in [-0.25, -0.2) is 0 Å². The van der Waals surface area contributed by atoms with Gasteiger partial charge in [-0.05, 0) is 53.8 Å². The molecule has 104 valence electrons. The zero-order valence-electron chi connectivity index (χ0n) is 13.4. The van der Waals surface area contributed by atoms with Crippen molar-refractivity contribution in [2.75, 3.05) is 0 Å². The molecular weight excluding hydrogens is 236 g/mol. The van der Waals surface area contributed by atoms with Crippen molar-refractivity contribution < 1.29 is 4.43 Å². The molecule has 0 aromatic heterocycles. The van der Waals surface area contributed by atoms with Crippen LogP contribution in [0.25, 0.3) is 0 Å². The van der Waals surface area contributed by atoms with Crippen LogP contribution in [0.1, 0.15) is 55.4 Å². The summed E-state index contributed by atoms with van der Waals surface area (Å²) in [4.78, 5) is 0. The lowest BCUT2D eigenvalue weighted by Crippen LogP contribution is -2.49. The summed E-state index contributed by atoms with van der Waals surface area (Å²) < 4.78 is 6.71. The van der Waals surface area contributed by atoms with Gasteiger partial charge in [0.2, 0.25) is 8.32 Å². The Kier molecular flexibility index (Phi) is 5.02. The molecule has 0 unspecified atom stereocenters. The van der Waals surface area contributed by atoms with Crippen molar-refractivity contribution >= 4 is 8.32 Å². The second-order valence-corrected chi connectivity index (χ2v) is 12.0. The van der Waals surface area contributed by atoms with Gasteiger partial charge < -0.3 is 4.43 Å². The summed E-state index contributed by atoms with van der Waals surface area (Å²) in [5.74, 6) is 0. The van der Waals surface area contributed by atoms with Gasteiger partial charge in [-0.15, -0.1) is 0 Å². The molecule has 1 nitrogen and oxygen atoms in total. The summed E-state index contributed by atoms with van der Waals surface area (Å²) >= 11 is 0. The van der Waals surface area contributed by atoms with E-state index in [4.69, 9.17) is 4.43 Å². The zero-order valence-corrected chi connectivity index (χ0v) is 14.4. The van der Waals surface area contributed by atoms with Crippen LogP contribution >= 0.6 is 0 Å². The molecule has 0 saturated carbocycles. The third-order valence-electron chi connectivity index (χ3n) is 4.50. The Morgan fingerprint density at radius 3 is 1.44 bits per heavy atom. The summed E-state index contributed by atoms with van der Waals surface area (Å²) in [6.07, 6.45) is 4.78. The summed E-state index contributed by atoms with van der Waals surface area (Å²) in [5.41, 5.74) is 4.71. The van der Waals surface area contributed by atoms with Crippen molar-refractivity contribution in [3.8, 4) is 0 Å². The third-order valence-corrected chi connectivity index (χ3v) is 10.6. The van der Waals surface area contributed by atoms with Gasteiger partial charge in [-0.2, -0.15) is 0 Å². The van der Waals surface area contributed by atoms with Gasteiger partial charge in [0.1, 0.15) is 0 Å². The molecule has 0 radical (unpaired) electrons. The molecule has 1 aliphatic rings. The average molecular weight is 267 g/mol. The van der Waals surface area contributed by atoms with Crippen molar-refractivity contribution in [3.05, 3.63) is 23.3 Å². The number of rotatable bonds is 5. The van der Waals surface area contributed by atoms with E-state index in [1.165, 1.54) is 11.1 Å². The third kappa shape index (κ3) is 2.80. The van der Waals surface area contributed by atoms with Gasteiger partial charge >= 0.3 is 0 Å². The van der Waals surface area contributed by atoms with Crippen LogP contribution in [0.15, 0.2) is 23.3 Å². The second kappa shape index (κ2) is 5.75. The first-order valence-corrected chi connectivity index (χ1v) is 9.40. The van der Waals surface area contributed by atoms with E-state index in [0.717, 1.165) is 0 Å². The van der Waals surface area contributed by atoms with E-state index in [1.807, 2.05) is 0 Å². The molecular formula is C16H30OSi. The highest BCUT2D eigenvalue weighted by Crippen LogP contribution is 2.44. The molecule has 0 bridgehead atoms. The Balaban J connectivity index is 3.01. The predicted molar refractivity (Wildman–Crippen MR) is 83.4 cm³/mol. The first-order valence-electron chi connectivity index (χ1n) is 7.26. The van der Waals surface area contributed by atoms with E-state index in [0.29, 0.717) is 16.6 Å². The Hall–Kier alpha value is -0.343. The molecule has 0 aliphatic heterocycles. The first kappa shape index (κ1) is 15.7. The monoisotopic (exact) mass is 266 g/mol. The highest BCUT2D eigenvalue weighted by Gasteiger charge is 2.46. The SMILES string of the molecule is CC1=CC(O[Si](C(C)C)(C(C)C)C(C)C)C=C1C. The number of hydrogen-bond acceptors (Lipinski definition) is 1. The van der Waals surface area contributed by atoms with E-state index in [2.05, 4.69) is 67.5 Å². The quantitative estimate of drug-likeness (QED) is 0.601. The minimum Gasteiger partial charge on any atom is -0.406 e. The van der Waals surface area contributed by atoms with E-state index < -0.39 is 8.32 Å². The maximum Gasteiger partial charge on any atom is 0.201 e. The van der Waals surface area contributed by atoms with Crippen LogP contribution in [0.2, 0.25) is 16.6 Å². The van der Waals surface area contributed by atoms with Crippen molar-refractivity contribution in [1.82, 2.24) is 0 Å². The molecule has 0 aromatic rings. The largest absolute Gasteiger partial charge is 0.406 e. The van der Waals surface area contributed by atoms with E-state index in [-0.39, 0.29) is 6.10 Å².